The van der Waals surface area contributed by atoms with E-state index in [0.717, 1.165) is 18.4 Å². The van der Waals surface area contributed by atoms with Crippen LogP contribution in [0, 0.1) is 0 Å². The normalized spacial score (nSPS) is 14.2. The number of hydrogen-bond donors (Lipinski definition) is 2. The molecule has 1 aromatic heterocycles. The highest BCUT2D eigenvalue weighted by Crippen LogP contribution is 2.45. The summed E-state index contributed by atoms with van der Waals surface area (Å²) in [5.74, 6) is -0.00570. The van der Waals surface area contributed by atoms with E-state index in [4.69, 9.17) is 11.6 Å². The molecule has 0 saturated heterocycles. The molecule has 0 atom stereocenters. The number of carbonyl (C=O) groups is 1. The maximum absolute atomic E-state index is 12.9. The Labute approximate surface area is 174 Å². The second-order valence-electron chi connectivity index (χ2n) is 7.17. The van der Waals surface area contributed by atoms with Gasteiger partial charge in [0.2, 0.25) is 10.0 Å². The number of benzene rings is 2. The van der Waals surface area contributed by atoms with E-state index in [1.54, 1.807) is 44.3 Å². The molecule has 0 spiro atoms. The zero-order valence-electron chi connectivity index (χ0n) is 16.1. The van der Waals surface area contributed by atoms with Crippen LogP contribution in [0.5, 0.6) is 0 Å². The zero-order chi connectivity index (χ0) is 20.8. The molecule has 1 saturated carbocycles. The minimum atomic E-state index is -3.41. The minimum Gasteiger partial charge on any atom is -0.321 e. The fourth-order valence-corrected chi connectivity index (χ4v) is 4.10. The average Bonchev–Trinajstić information content (AvgIpc) is 3.45. The lowest BCUT2D eigenvalue weighted by atomic mass is 10.0. The third-order valence-electron chi connectivity index (χ3n) is 4.98. The van der Waals surface area contributed by atoms with Gasteiger partial charge in [-0.1, -0.05) is 11.6 Å². The summed E-state index contributed by atoms with van der Waals surface area (Å²) in [5, 5.41) is 8.57. The molecule has 0 radical (unpaired) electrons. The molecule has 1 aliphatic carbocycles. The van der Waals surface area contributed by atoms with Crippen LogP contribution in [0.2, 0.25) is 5.02 Å². The van der Waals surface area contributed by atoms with Gasteiger partial charge < -0.3 is 5.32 Å². The number of amides is 1. The van der Waals surface area contributed by atoms with Gasteiger partial charge in [-0.3, -0.25) is 14.2 Å². The fraction of sp³-hybridized carbons (Fsp3) is 0.300. The highest BCUT2D eigenvalue weighted by molar-refractivity contribution is 7.92. The van der Waals surface area contributed by atoms with Crippen LogP contribution in [0.3, 0.4) is 0 Å². The van der Waals surface area contributed by atoms with Gasteiger partial charge in [0.1, 0.15) is 5.69 Å². The third kappa shape index (κ3) is 4.09. The summed E-state index contributed by atoms with van der Waals surface area (Å²) in [7, 11) is -1.71. The largest absolute Gasteiger partial charge is 0.321 e. The maximum Gasteiger partial charge on any atom is 0.274 e. The second-order valence-corrected chi connectivity index (χ2v) is 9.62. The molecule has 7 nitrogen and oxygen atoms in total. The number of halogens is 1. The van der Waals surface area contributed by atoms with Gasteiger partial charge in [0.25, 0.3) is 5.91 Å². The van der Waals surface area contributed by atoms with Crippen molar-refractivity contribution in [3.8, 4) is 0 Å². The van der Waals surface area contributed by atoms with Gasteiger partial charge >= 0.3 is 0 Å². The molecular weight excluding hydrogens is 412 g/mol. The van der Waals surface area contributed by atoms with Crippen molar-refractivity contribution < 1.29 is 13.2 Å². The molecule has 1 fully saturated rings. The fourth-order valence-electron chi connectivity index (χ4n) is 3.32. The first kappa shape index (κ1) is 19.7. The molecule has 2 N–H and O–H groups in total. The molecule has 0 bridgehead atoms. The summed E-state index contributed by atoms with van der Waals surface area (Å²) in [5.41, 5.74) is 3.06. The Bertz CT molecular complexity index is 1200. The Balaban J connectivity index is 1.75. The summed E-state index contributed by atoms with van der Waals surface area (Å²) in [6, 6.07) is 10.5. The van der Waals surface area contributed by atoms with Crippen LogP contribution in [0.15, 0.2) is 36.4 Å². The average molecular weight is 433 g/mol. The first-order valence-electron chi connectivity index (χ1n) is 9.35. The number of fused-ring (bicyclic) bond motifs is 1. The van der Waals surface area contributed by atoms with Gasteiger partial charge in [0, 0.05) is 23.1 Å². The molecule has 152 valence electrons. The van der Waals surface area contributed by atoms with Gasteiger partial charge in [-0.25, -0.2) is 8.42 Å². The predicted octanol–water partition coefficient (Wildman–Crippen LogP) is 4.12. The molecule has 29 heavy (non-hydrogen) atoms. The van der Waals surface area contributed by atoms with Crippen molar-refractivity contribution in [2.45, 2.75) is 25.7 Å². The van der Waals surface area contributed by atoms with E-state index in [2.05, 4.69) is 15.1 Å². The maximum atomic E-state index is 12.9. The van der Waals surface area contributed by atoms with E-state index in [1.807, 2.05) is 6.07 Å². The van der Waals surface area contributed by atoms with Crippen LogP contribution < -0.4 is 10.0 Å². The standard InChI is InChI=1S/C20H21ClN4O3S/c1-3-29(27,28)24-18-11-17-16(10-15(18)12-4-5-12)19(25(2)23-17)20(26)22-14-8-6-13(21)7-9-14/h6-12,24H,3-5H2,1-2H3,(H,22,26). The lowest BCUT2D eigenvalue weighted by Gasteiger charge is -2.12. The van der Waals surface area contributed by atoms with Crippen LogP contribution in [0.1, 0.15) is 41.7 Å². The van der Waals surface area contributed by atoms with E-state index < -0.39 is 10.0 Å². The molecule has 0 unspecified atom stereocenters. The molecular formula is C20H21ClN4O3S. The Morgan fingerprint density at radius 3 is 2.55 bits per heavy atom. The first-order chi connectivity index (χ1) is 13.8. The van der Waals surface area contributed by atoms with Gasteiger partial charge in [0.15, 0.2) is 0 Å². The van der Waals surface area contributed by atoms with Crippen LogP contribution in [0.25, 0.3) is 10.9 Å². The Kier molecular flexibility index (Phi) is 5.00. The zero-order valence-corrected chi connectivity index (χ0v) is 17.6. The topological polar surface area (TPSA) is 93.1 Å². The molecule has 1 aliphatic rings. The highest BCUT2D eigenvalue weighted by atomic mass is 35.5. The van der Waals surface area contributed by atoms with Crippen LogP contribution >= 0.6 is 11.6 Å². The summed E-state index contributed by atoms with van der Waals surface area (Å²) in [4.78, 5) is 12.9. The molecule has 4 rings (SSSR count). The van der Waals surface area contributed by atoms with E-state index in [1.165, 1.54) is 4.68 Å². The van der Waals surface area contributed by atoms with Crippen LogP contribution in [-0.2, 0) is 17.1 Å². The smallest absolute Gasteiger partial charge is 0.274 e. The molecule has 2 aromatic carbocycles. The summed E-state index contributed by atoms with van der Waals surface area (Å²) in [6.45, 7) is 1.59. The van der Waals surface area contributed by atoms with E-state index in [9.17, 15) is 13.2 Å². The number of hydrogen-bond acceptors (Lipinski definition) is 4. The van der Waals surface area contributed by atoms with Crippen LogP contribution in [0.4, 0.5) is 11.4 Å². The number of nitrogens with one attached hydrogen (secondary N) is 2. The van der Waals surface area contributed by atoms with Crippen LogP contribution in [-0.4, -0.2) is 29.9 Å². The van der Waals surface area contributed by atoms with Crippen molar-refractivity contribution in [1.29, 1.82) is 0 Å². The Hall–Kier alpha value is -2.58. The number of aromatic nitrogens is 2. The number of aryl methyl sites for hydroxylation is 1. The van der Waals surface area contributed by atoms with E-state index >= 15 is 0 Å². The summed E-state index contributed by atoms with van der Waals surface area (Å²) >= 11 is 5.90. The van der Waals surface area contributed by atoms with Crippen molar-refractivity contribution >= 4 is 49.8 Å². The second kappa shape index (κ2) is 7.35. The van der Waals surface area contributed by atoms with Gasteiger partial charge in [-0.15, -0.1) is 0 Å². The van der Waals surface area contributed by atoms with Crippen molar-refractivity contribution in [2.75, 3.05) is 15.8 Å². The predicted molar refractivity (Wildman–Crippen MR) is 115 cm³/mol. The minimum absolute atomic E-state index is 0.00783. The Morgan fingerprint density at radius 2 is 1.93 bits per heavy atom. The van der Waals surface area contributed by atoms with Gasteiger partial charge in [-0.2, -0.15) is 5.10 Å². The molecule has 9 heteroatoms. The monoisotopic (exact) mass is 432 g/mol. The number of rotatable bonds is 6. The molecule has 1 heterocycles. The summed E-state index contributed by atoms with van der Waals surface area (Å²) < 4.78 is 28.4. The number of carbonyl (C=O) groups excluding carboxylic acids is 1. The SMILES string of the molecule is CCS(=O)(=O)Nc1cc2nn(C)c(C(=O)Nc3ccc(Cl)cc3)c2cc1C1CC1. The first-order valence-corrected chi connectivity index (χ1v) is 11.4. The van der Waals surface area contributed by atoms with E-state index in [0.29, 0.717) is 38.9 Å². The third-order valence-corrected chi connectivity index (χ3v) is 6.53. The molecule has 3 aromatic rings. The number of anilines is 2. The van der Waals surface area contributed by atoms with Crippen molar-refractivity contribution in [3.63, 3.8) is 0 Å². The lowest BCUT2D eigenvalue weighted by molar-refractivity contribution is 0.101. The highest BCUT2D eigenvalue weighted by Gasteiger charge is 2.29. The van der Waals surface area contributed by atoms with Crippen molar-refractivity contribution in [3.05, 3.63) is 52.7 Å². The summed E-state index contributed by atoms with van der Waals surface area (Å²) in [6.07, 6.45) is 2.00. The molecule has 1 amide bonds. The quantitative estimate of drug-likeness (QED) is 0.612. The lowest BCUT2D eigenvalue weighted by Crippen LogP contribution is -2.16. The van der Waals surface area contributed by atoms with Crippen molar-refractivity contribution in [2.24, 2.45) is 7.05 Å². The molecule has 0 aliphatic heterocycles. The van der Waals surface area contributed by atoms with Crippen molar-refractivity contribution in [1.82, 2.24) is 9.78 Å². The number of sulfonamides is 1. The van der Waals surface area contributed by atoms with Gasteiger partial charge in [0.05, 0.1) is 17.0 Å². The van der Waals surface area contributed by atoms with E-state index in [-0.39, 0.29) is 11.7 Å². The Morgan fingerprint density at radius 1 is 1.24 bits per heavy atom. The number of nitrogens with zero attached hydrogens (tertiary/aromatic N) is 2. The van der Waals surface area contributed by atoms with Gasteiger partial charge in [-0.05, 0) is 67.6 Å².